The molecule has 0 bridgehead atoms. The van der Waals surface area contributed by atoms with Crippen molar-refractivity contribution in [2.75, 3.05) is 13.2 Å². The number of non-ortho nitro benzene ring substituents is 1. The van der Waals surface area contributed by atoms with Crippen molar-refractivity contribution in [2.24, 2.45) is 0 Å². The van der Waals surface area contributed by atoms with Crippen LogP contribution in [0.15, 0.2) is 54.6 Å². The molecule has 276 valence electrons. The summed E-state index contributed by atoms with van der Waals surface area (Å²) in [6.45, 7) is 3.80. The number of hydrogen-bond acceptors (Lipinski definition) is 17. The summed E-state index contributed by atoms with van der Waals surface area (Å²) < 4.78 is 58.3. The van der Waals surface area contributed by atoms with Gasteiger partial charge in [-0.3, -0.25) is 29.3 Å². The normalized spacial score (nSPS) is 31.7. The molecule has 2 aromatic carbocycles. The molecule has 2 aromatic rings. The molecule has 0 aromatic heterocycles. The number of rotatable bonds is 11. The first kappa shape index (κ1) is 37.5. The van der Waals surface area contributed by atoms with Gasteiger partial charge in [0.15, 0.2) is 30.9 Å². The Kier molecular flexibility index (Phi) is 12.2. The highest BCUT2D eigenvalue weighted by atomic mass is 16.8. The van der Waals surface area contributed by atoms with E-state index < -0.39 is 103 Å². The lowest BCUT2D eigenvalue weighted by Gasteiger charge is -2.50. The number of aliphatic hydroxyl groups excluding tert-OH is 1. The molecular formula is C33H37NO17. The Morgan fingerprint density at radius 1 is 0.784 bits per heavy atom. The molecule has 18 heteroatoms. The Morgan fingerprint density at radius 2 is 1.41 bits per heavy atom. The van der Waals surface area contributed by atoms with Crippen molar-refractivity contribution in [3.63, 3.8) is 0 Å². The molecule has 51 heavy (non-hydrogen) atoms. The molecule has 3 saturated heterocycles. The highest BCUT2D eigenvalue weighted by Gasteiger charge is 2.57. The van der Waals surface area contributed by atoms with E-state index in [4.69, 9.17) is 47.4 Å². The molecule has 3 aliphatic heterocycles. The minimum Gasteiger partial charge on any atom is -0.463 e. The molecule has 11 unspecified atom stereocenters. The lowest BCUT2D eigenvalue weighted by molar-refractivity contribution is -0.386. The molecule has 5 rings (SSSR count). The smallest absolute Gasteiger partial charge is 0.303 e. The van der Waals surface area contributed by atoms with Crippen LogP contribution in [0.3, 0.4) is 0 Å². The van der Waals surface area contributed by atoms with Crippen molar-refractivity contribution >= 4 is 29.6 Å². The number of hydrogen-bond donors (Lipinski definition) is 1. The first-order chi connectivity index (χ1) is 24.3. The van der Waals surface area contributed by atoms with Gasteiger partial charge in [0.25, 0.3) is 5.69 Å². The zero-order valence-corrected chi connectivity index (χ0v) is 27.9. The number of carbonyl (C=O) groups is 4. The van der Waals surface area contributed by atoms with Crippen LogP contribution in [0.25, 0.3) is 0 Å². The Morgan fingerprint density at radius 3 is 2.02 bits per heavy atom. The van der Waals surface area contributed by atoms with Gasteiger partial charge >= 0.3 is 23.9 Å². The summed E-state index contributed by atoms with van der Waals surface area (Å²) in [5.41, 5.74) is 0.444. The van der Waals surface area contributed by atoms with E-state index in [1.165, 1.54) is 24.3 Å². The highest BCUT2D eigenvalue weighted by Crippen LogP contribution is 2.39. The molecule has 3 heterocycles. The molecule has 0 amide bonds. The zero-order valence-electron chi connectivity index (χ0n) is 27.9. The van der Waals surface area contributed by atoms with Crippen LogP contribution in [0.2, 0.25) is 0 Å². The Labute approximate surface area is 290 Å². The number of fused-ring (bicyclic) bond motifs is 1. The average Bonchev–Trinajstić information content (AvgIpc) is 3.08. The van der Waals surface area contributed by atoms with Crippen LogP contribution in [-0.4, -0.2) is 109 Å². The van der Waals surface area contributed by atoms with E-state index in [9.17, 15) is 34.4 Å². The SMILES string of the molecule is CC(=O)OCC1OC(OC2C(O)C(Oc3ccc([N+](=O)[O-])cc3)OC3COC(c4ccccc4)OC32)C(OC(C)=O)C(OC(C)=O)C1OC(C)=O. The molecular weight excluding hydrogens is 682 g/mol. The Balaban J connectivity index is 1.51. The van der Waals surface area contributed by atoms with E-state index in [0.717, 1.165) is 27.7 Å². The fourth-order valence-corrected chi connectivity index (χ4v) is 5.83. The number of nitrogens with zero attached hydrogens (tertiary/aromatic N) is 1. The van der Waals surface area contributed by atoms with Crippen LogP contribution in [0.5, 0.6) is 5.75 Å². The van der Waals surface area contributed by atoms with E-state index in [0.29, 0.717) is 5.56 Å². The zero-order chi connectivity index (χ0) is 36.8. The van der Waals surface area contributed by atoms with Crippen LogP contribution in [0.1, 0.15) is 39.5 Å². The number of aliphatic hydroxyl groups is 1. The maximum absolute atomic E-state index is 12.4. The summed E-state index contributed by atoms with van der Waals surface area (Å²) in [4.78, 5) is 59.2. The van der Waals surface area contributed by atoms with Gasteiger partial charge in [-0.15, -0.1) is 0 Å². The second-order valence-electron chi connectivity index (χ2n) is 11.7. The molecule has 11 atom stereocenters. The van der Waals surface area contributed by atoms with Gasteiger partial charge in [-0.2, -0.15) is 0 Å². The molecule has 0 radical (unpaired) electrons. The maximum atomic E-state index is 12.4. The molecule has 3 fully saturated rings. The lowest BCUT2D eigenvalue weighted by atomic mass is 9.95. The average molecular weight is 720 g/mol. The number of nitro groups is 1. The predicted molar refractivity (Wildman–Crippen MR) is 165 cm³/mol. The minimum absolute atomic E-state index is 0.0739. The number of benzene rings is 2. The van der Waals surface area contributed by atoms with Crippen LogP contribution >= 0.6 is 0 Å². The van der Waals surface area contributed by atoms with Crippen LogP contribution in [0, 0.1) is 10.1 Å². The molecule has 0 aliphatic carbocycles. The Bertz CT molecular complexity index is 1550. The lowest BCUT2D eigenvalue weighted by Crippen LogP contribution is -2.67. The summed E-state index contributed by atoms with van der Waals surface area (Å²) in [5, 5.41) is 22.9. The Hall–Kier alpha value is -4.72. The fraction of sp³-hybridized carbons (Fsp3) is 0.515. The summed E-state index contributed by atoms with van der Waals surface area (Å²) in [5.74, 6) is -3.12. The quantitative estimate of drug-likeness (QED) is 0.151. The third kappa shape index (κ3) is 9.34. The number of nitro benzene ring substituents is 1. The van der Waals surface area contributed by atoms with Gasteiger partial charge in [-0.05, 0) is 12.1 Å². The van der Waals surface area contributed by atoms with E-state index >= 15 is 0 Å². The van der Waals surface area contributed by atoms with Gasteiger partial charge in [0.2, 0.25) is 6.29 Å². The number of carbonyl (C=O) groups excluding carboxylic acids is 4. The van der Waals surface area contributed by atoms with Gasteiger partial charge in [-0.1, -0.05) is 30.3 Å². The van der Waals surface area contributed by atoms with Crippen molar-refractivity contribution in [3.8, 4) is 5.75 Å². The third-order valence-corrected chi connectivity index (χ3v) is 7.92. The van der Waals surface area contributed by atoms with Crippen LogP contribution in [-0.2, 0) is 61.8 Å². The second kappa shape index (κ2) is 16.5. The van der Waals surface area contributed by atoms with Crippen molar-refractivity contribution in [3.05, 3.63) is 70.3 Å². The molecule has 0 spiro atoms. The van der Waals surface area contributed by atoms with Crippen molar-refractivity contribution in [1.82, 2.24) is 0 Å². The van der Waals surface area contributed by atoms with Crippen molar-refractivity contribution in [1.29, 1.82) is 0 Å². The maximum Gasteiger partial charge on any atom is 0.303 e. The highest BCUT2D eigenvalue weighted by molar-refractivity contribution is 5.68. The van der Waals surface area contributed by atoms with Crippen LogP contribution < -0.4 is 4.74 Å². The van der Waals surface area contributed by atoms with Gasteiger partial charge in [-0.25, -0.2) is 0 Å². The van der Waals surface area contributed by atoms with Crippen molar-refractivity contribution in [2.45, 2.75) is 95.4 Å². The van der Waals surface area contributed by atoms with Crippen molar-refractivity contribution < 1.29 is 76.6 Å². The van der Waals surface area contributed by atoms with Gasteiger partial charge in [0.1, 0.15) is 42.9 Å². The summed E-state index contributed by atoms with van der Waals surface area (Å²) in [6, 6.07) is 13.9. The van der Waals surface area contributed by atoms with Crippen LogP contribution in [0.4, 0.5) is 5.69 Å². The minimum atomic E-state index is -1.68. The standard InChI is InChI=1S/C33H37NO17/c1-16(35)42-14-23-27(44-17(2)36)29(45-18(3)37)30(46-19(4)38)33(49-23)51-28-25(39)32(47-22-12-10-21(11-13-22)34(40)41)48-24-15-43-31(50-26(24)28)20-8-6-5-7-9-20/h5-13,23-33,39H,14-15H2,1-4H3. The van der Waals surface area contributed by atoms with E-state index in [2.05, 4.69) is 0 Å². The summed E-state index contributed by atoms with van der Waals surface area (Å²) in [6.07, 6.45) is -15.1. The number of ether oxygens (including phenoxy) is 10. The molecule has 3 aliphatic rings. The van der Waals surface area contributed by atoms with E-state index in [1.54, 1.807) is 30.3 Å². The number of esters is 4. The molecule has 0 saturated carbocycles. The monoisotopic (exact) mass is 719 g/mol. The third-order valence-electron chi connectivity index (χ3n) is 7.92. The van der Waals surface area contributed by atoms with E-state index in [1.807, 2.05) is 0 Å². The molecule has 18 nitrogen and oxygen atoms in total. The van der Waals surface area contributed by atoms with Gasteiger partial charge in [0, 0.05) is 45.4 Å². The predicted octanol–water partition coefficient (Wildman–Crippen LogP) is 1.64. The summed E-state index contributed by atoms with van der Waals surface area (Å²) >= 11 is 0. The van der Waals surface area contributed by atoms with E-state index in [-0.39, 0.29) is 18.0 Å². The molecule has 1 N–H and O–H groups in total. The first-order valence-corrected chi connectivity index (χ1v) is 15.8. The van der Waals surface area contributed by atoms with Gasteiger partial charge in [0.05, 0.1) is 11.5 Å². The first-order valence-electron chi connectivity index (χ1n) is 15.8. The van der Waals surface area contributed by atoms with Gasteiger partial charge < -0.3 is 52.5 Å². The second-order valence-corrected chi connectivity index (χ2v) is 11.7. The fourth-order valence-electron chi connectivity index (χ4n) is 5.83. The summed E-state index contributed by atoms with van der Waals surface area (Å²) in [7, 11) is 0. The largest absolute Gasteiger partial charge is 0.463 e. The topological polar surface area (TPSA) is 224 Å².